The molecule has 0 aromatic heterocycles. The summed E-state index contributed by atoms with van der Waals surface area (Å²) in [4.78, 5) is 37.2. The summed E-state index contributed by atoms with van der Waals surface area (Å²) in [5, 5.41) is 10.1. The number of carbonyl (C=O) groups is 3. The first-order valence-corrected chi connectivity index (χ1v) is 6.52. The maximum atomic E-state index is 12.1. The zero-order valence-electron chi connectivity index (χ0n) is 11.6. The van der Waals surface area contributed by atoms with Crippen molar-refractivity contribution in [2.75, 3.05) is 20.8 Å². The second-order valence-electron chi connectivity index (χ2n) is 5.24. The van der Waals surface area contributed by atoms with E-state index in [1.165, 1.54) is 19.1 Å². The molecule has 2 aliphatic heterocycles. The fourth-order valence-electron chi connectivity index (χ4n) is 3.62. The molecule has 2 heterocycles. The van der Waals surface area contributed by atoms with E-state index in [9.17, 15) is 19.5 Å². The van der Waals surface area contributed by atoms with Crippen LogP contribution in [0.5, 0.6) is 0 Å². The fourth-order valence-corrected chi connectivity index (χ4v) is 3.62. The number of nitrogens with zero attached hydrogens (tertiary/aromatic N) is 1. The van der Waals surface area contributed by atoms with E-state index in [0.717, 1.165) is 0 Å². The Morgan fingerprint density at radius 2 is 2.10 bits per heavy atom. The predicted molar refractivity (Wildman–Crippen MR) is 65.7 cm³/mol. The Bertz CT molecular complexity index is 569. The largest absolute Gasteiger partial charge is 0.512 e. The summed E-state index contributed by atoms with van der Waals surface area (Å²) < 4.78 is 15.0. The van der Waals surface area contributed by atoms with Crippen LogP contribution in [0.3, 0.4) is 0 Å². The third-order valence-electron chi connectivity index (χ3n) is 4.36. The molecule has 0 radical (unpaired) electrons. The number of rotatable bonds is 2. The van der Waals surface area contributed by atoms with Crippen LogP contribution in [-0.4, -0.2) is 60.4 Å². The molecule has 1 amide bonds. The van der Waals surface area contributed by atoms with Crippen molar-refractivity contribution in [1.82, 2.24) is 4.90 Å². The number of methoxy groups -OCH3 is 2. The van der Waals surface area contributed by atoms with E-state index in [2.05, 4.69) is 4.74 Å². The second-order valence-corrected chi connectivity index (χ2v) is 5.24. The van der Waals surface area contributed by atoms with Gasteiger partial charge in [0.1, 0.15) is 24.0 Å². The maximum Gasteiger partial charge on any atom is 0.342 e. The van der Waals surface area contributed by atoms with Gasteiger partial charge in [0, 0.05) is 12.3 Å². The Kier molecular flexibility index (Phi) is 2.94. The molecule has 3 atom stereocenters. The quantitative estimate of drug-likeness (QED) is 0.685. The molecule has 1 aliphatic carbocycles. The van der Waals surface area contributed by atoms with Gasteiger partial charge in [-0.05, 0) is 6.42 Å². The van der Waals surface area contributed by atoms with Gasteiger partial charge in [-0.2, -0.15) is 0 Å². The van der Waals surface area contributed by atoms with Gasteiger partial charge in [-0.3, -0.25) is 9.69 Å². The third kappa shape index (κ3) is 1.56. The topological polar surface area (TPSA) is 102 Å². The lowest BCUT2D eigenvalue weighted by Crippen LogP contribution is -2.51. The number of hydrogen-bond donors (Lipinski definition) is 1. The lowest BCUT2D eigenvalue weighted by molar-refractivity contribution is -0.155. The number of aliphatic hydroxyl groups is 1. The number of carbonyl (C=O) groups excluding carboxylic acids is 3. The van der Waals surface area contributed by atoms with Crippen molar-refractivity contribution in [3.8, 4) is 0 Å². The van der Waals surface area contributed by atoms with E-state index in [1.54, 1.807) is 0 Å². The first-order chi connectivity index (χ1) is 9.97. The molecule has 2 saturated heterocycles. The Hall–Kier alpha value is -2.09. The smallest absolute Gasteiger partial charge is 0.342 e. The van der Waals surface area contributed by atoms with Crippen LogP contribution in [-0.2, 0) is 28.6 Å². The van der Waals surface area contributed by atoms with Gasteiger partial charge in [-0.1, -0.05) is 0 Å². The van der Waals surface area contributed by atoms with Crippen LogP contribution in [0.1, 0.15) is 12.8 Å². The van der Waals surface area contributed by atoms with Crippen LogP contribution < -0.4 is 0 Å². The highest BCUT2D eigenvalue weighted by Crippen LogP contribution is 2.55. The van der Waals surface area contributed by atoms with Crippen molar-refractivity contribution in [3.63, 3.8) is 0 Å². The highest BCUT2D eigenvalue weighted by atomic mass is 16.6. The molecule has 0 aromatic rings. The van der Waals surface area contributed by atoms with Gasteiger partial charge < -0.3 is 19.3 Å². The average molecular weight is 297 g/mol. The van der Waals surface area contributed by atoms with Gasteiger partial charge in [0.2, 0.25) is 0 Å². The van der Waals surface area contributed by atoms with Crippen LogP contribution in [0.25, 0.3) is 0 Å². The Morgan fingerprint density at radius 1 is 1.38 bits per heavy atom. The molecular weight excluding hydrogens is 282 g/mol. The van der Waals surface area contributed by atoms with Crippen LogP contribution in [0.4, 0.5) is 0 Å². The van der Waals surface area contributed by atoms with Gasteiger partial charge >= 0.3 is 11.9 Å². The van der Waals surface area contributed by atoms with E-state index < -0.39 is 29.6 Å². The molecule has 0 aromatic carbocycles. The molecule has 0 saturated carbocycles. The minimum atomic E-state index is -1.41. The molecule has 3 rings (SSSR count). The monoisotopic (exact) mass is 297 g/mol. The molecule has 3 aliphatic rings. The summed E-state index contributed by atoms with van der Waals surface area (Å²) >= 11 is 0. The summed E-state index contributed by atoms with van der Waals surface area (Å²) in [7, 11) is 2.42. The number of esters is 2. The molecule has 3 unspecified atom stereocenters. The normalized spacial score (nSPS) is 34.0. The first-order valence-electron chi connectivity index (χ1n) is 6.52. The summed E-state index contributed by atoms with van der Waals surface area (Å²) in [6, 6.07) is -0.817. The van der Waals surface area contributed by atoms with Crippen LogP contribution >= 0.6 is 0 Å². The molecule has 1 N–H and O–H groups in total. The number of allylic oxidation sites excluding steroid dienone is 1. The average Bonchev–Trinajstić information content (AvgIpc) is 3.04. The van der Waals surface area contributed by atoms with Crippen LogP contribution in [0.2, 0.25) is 0 Å². The summed E-state index contributed by atoms with van der Waals surface area (Å²) in [5.41, 5.74) is -1.50. The molecule has 21 heavy (non-hydrogen) atoms. The molecule has 8 heteroatoms. The molecule has 1 spiro atoms. The Labute approximate surface area is 120 Å². The van der Waals surface area contributed by atoms with E-state index in [4.69, 9.17) is 9.47 Å². The van der Waals surface area contributed by atoms with Gasteiger partial charge in [0.05, 0.1) is 14.2 Å². The highest BCUT2D eigenvalue weighted by molar-refractivity contribution is 5.97. The minimum Gasteiger partial charge on any atom is -0.512 e. The van der Waals surface area contributed by atoms with Crippen molar-refractivity contribution >= 4 is 17.8 Å². The van der Waals surface area contributed by atoms with Crippen molar-refractivity contribution in [2.45, 2.75) is 24.6 Å². The lowest BCUT2D eigenvalue weighted by Gasteiger charge is -2.33. The van der Waals surface area contributed by atoms with Crippen molar-refractivity contribution in [3.05, 3.63) is 11.3 Å². The van der Waals surface area contributed by atoms with E-state index >= 15 is 0 Å². The minimum absolute atomic E-state index is 0.0905. The van der Waals surface area contributed by atoms with Gasteiger partial charge in [0.15, 0.2) is 5.72 Å². The Balaban J connectivity index is 2.10. The predicted octanol–water partition coefficient (Wildman–Crippen LogP) is -0.508. The number of aliphatic hydroxyl groups excluding tert-OH is 1. The van der Waals surface area contributed by atoms with Gasteiger partial charge in [0.25, 0.3) is 5.91 Å². The first kappa shape index (κ1) is 13.9. The molecule has 2 fully saturated rings. The summed E-state index contributed by atoms with van der Waals surface area (Å²) in [6.07, 6.45) is 0.421. The third-order valence-corrected chi connectivity index (χ3v) is 4.36. The van der Waals surface area contributed by atoms with Gasteiger partial charge in [-0.25, -0.2) is 9.59 Å². The molecular formula is C13H15NO7. The van der Waals surface area contributed by atoms with E-state index in [0.29, 0.717) is 0 Å². The Morgan fingerprint density at radius 3 is 2.71 bits per heavy atom. The second kappa shape index (κ2) is 4.45. The highest BCUT2D eigenvalue weighted by Gasteiger charge is 2.69. The zero-order valence-corrected chi connectivity index (χ0v) is 11.6. The standard InChI is InChI=1S/C13H15NO7/c1-19-11(17)7-3-6-4-8(15)10(12(18)20-2)13(6)14(7)9(16)5-21-13/h6-7,15H,3-5H2,1-2H3. The SMILES string of the molecule is COC(=O)C1=C(O)CC2CC(C(=O)OC)N3C(=O)COC123. The van der Waals surface area contributed by atoms with Gasteiger partial charge in [-0.15, -0.1) is 0 Å². The van der Waals surface area contributed by atoms with Crippen molar-refractivity contribution in [1.29, 1.82) is 0 Å². The molecule has 0 bridgehead atoms. The maximum absolute atomic E-state index is 12.1. The zero-order chi connectivity index (χ0) is 15.4. The summed E-state index contributed by atoms with van der Waals surface area (Å²) in [5.74, 6) is -2.27. The van der Waals surface area contributed by atoms with Crippen LogP contribution in [0.15, 0.2) is 11.3 Å². The number of amides is 1. The van der Waals surface area contributed by atoms with Crippen molar-refractivity contribution < 1.29 is 33.7 Å². The number of ether oxygens (including phenoxy) is 3. The van der Waals surface area contributed by atoms with E-state index in [1.807, 2.05) is 0 Å². The lowest BCUT2D eigenvalue weighted by atomic mass is 9.94. The fraction of sp³-hybridized carbons (Fsp3) is 0.615. The summed E-state index contributed by atoms with van der Waals surface area (Å²) in [6.45, 7) is -0.252. The number of hydrogen-bond acceptors (Lipinski definition) is 7. The molecule has 114 valence electrons. The van der Waals surface area contributed by atoms with Crippen LogP contribution in [0, 0.1) is 5.92 Å². The van der Waals surface area contributed by atoms with Crippen molar-refractivity contribution in [2.24, 2.45) is 5.92 Å². The van der Waals surface area contributed by atoms with E-state index in [-0.39, 0.29) is 36.7 Å². The molecule has 8 nitrogen and oxygen atoms in total.